The van der Waals surface area contributed by atoms with Crippen LogP contribution in [-0.2, 0) is 0 Å². The summed E-state index contributed by atoms with van der Waals surface area (Å²) in [5.41, 5.74) is 3.65. The summed E-state index contributed by atoms with van der Waals surface area (Å²) < 4.78 is 1.46. The number of hydrogen-bond acceptors (Lipinski definition) is 7. The molecule has 1 aliphatic rings. The van der Waals surface area contributed by atoms with Crippen molar-refractivity contribution < 1.29 is 0 Å². The molecule has 1 aliphatic heterocycles. The van der Waals surface area contributed by atoms with E-state index in [0.717, 1.165) is 50.5 Å². The van der Waals surface area contributed by atoms with Crippen LogP contribution < -0.4 is 15.8 Å². The van der Waals surface area contributed by atoms with E-state index in [1.807, 2.05) is 19.1 Å². The molecule has 0 amide bonds. The third-order valence-electron chi connectivity index (χ3n) is 7.05. The predicted molar refractivity (Wildman–Crippen MR) is 161 cm³/mol. The van der Waals surface area contributed by atoms with Crippen molar-refractivity contribution in [3.8, 4) is 5.69 Å². The first-order chi connectivity index (χ1) is 18.8. The zero-order valence-corrected chi connectivity index (χ0v) is 24.0. The summed E-state index contributed by atoms with van der Waals surface area (Å²) in [6.45, 7) is 8.41. The second-order valence-electron chi connectivity index (χ2n) is 10.2. The third kappa shape index (κ3) is 6.20. The van der Waals surface area contributed by atoms with Gasteiger partial charge in [-0.3, -0.25) is 14.3 Å². The fraction of sp³-hybridized carbons (Fsp3) is 0.345. The largest absolute Gasteiger partial charge is 0.369 e. The first-order valence-corrected chi connectivity index (χ1v) is 13.9. The Bertz CT molecular complexity index is 1490. The van der Waals surface area contributed by atoms with Gasteiger partial charge in [-0.15, -0.1) is 0 Å². The Morgan fingerprint density at radius 1 is 1.00 bits per heavy atom. The molecule has 0 spiro atoms. The molecule has 5 rings (SSSR count). The number of hydrogen-bond donors (Lipinski definition) is 1. The predicted octanol–water partition coefficient (Wildman–Crippen LogP) is 5.21. The van der Waals surface area contributed by atoms with Gasteiger partial charge in [0.2, 0.25) is 5.95 Å². The van der Waals surface area contributed by atoms with Crippen molar-refractivity contribution in [1.29, 1.82) is 0 Å². The fourth-order valence-corrected chi connectivity index (χ4v) is 5.53. The van der Waals surface area contributed by atoms with E-state index < -0.39 is 0 Å². The van der Waals surface area contributed by atoms with E-state index in [9.17, 15) is 4.79 Å². The Balaban J connectivity index is 1.27. The number of piperazine rings is 1. The molecule has 0 bridgehead atoms. The van der Waals surface area contributed by atoms with Gasteiger partial charge in [0.05, 0.1) is 26.6 Å². The highest BCUT2D eigenvalue weighted by Crippen LogP contribution is 2.29. The minimum atomic E-state index is -0.278. The summed E-state index contributed by atoms with van der Waals surface area (Å²) in [5, 5.41) is 4.46. The lowest BCUT2D eigenvalue weighted by atomic mass is 10.2. The molecule has 0 aliphatic carbocycles. The van der Waals surface area contributed by atoms with E-state index in [1.54, 1.807) is 30.6 Å². The second-order valence-corrected chi connectivity index (χ2v) is 11.0. The summed E-state index contributed by atoms with van der Waals surface area (Å²) in [6, 6.07) is 13.5. The van der Waals surface area contributed by atoms with E-state index in [-0.39, 0.29) is 5.56 Å². The van der Waals surface area contributed by atoms with Gasteiger partial charge in [-0.05, 0) is 82.5 Å². The number of pyridine rings is 1. The summed E-state index contributed by atoms with van der Waals surface area (Å²) in [4.78, 5) is 29.6. The molecule has 204 valence electrons. The molecular weight excluding hydrogens is 533 g/mol. The molecule has 1 saturated heterocycles. The van der Waals surface area contributed by atoms with Gasteiger partial charge in [-0.1, -0.05) is 29.3 Å². The van der Waals surface area contributed by atoms with Gasteiger partial charge in [-0.25, -0.2) is 9.97 Å². The molecule has 2 aromatic heterocycles. The van der Waals surface area contributed by atoms with Crippen molar-refractivity contribution in [3.05, 3.63) is 80.8 Å². The first kappa shape index (κ1) is 27.4. The average molecular weight is 567 g/mol. The second kappa shape index (κ2) is 11.9. The number of nitrogens with zero attached hydrogens (tertiary/aromatic N) is 6. The van der Waals surface area contributed by atoms with Gasteiger partial charge in [0, 0.05) is 49.9 Å². The smallest absolute Gasteiger partial charge is 0.266 e. The van der Waals surface area contributed by atoms with Crippen LogP contribution in [0.5, 0.6) is 0 Å². The third-order valence-corrected chi connectivity index (χ3v) is 7.66. The minimum Gasteiger partial charge on any atom is -0.369 e. The van der Waals surface area contributed by atoms with Crippen molar-refractivity contribution in [1.82, 2.24) is 24.3 Å². The summed E-state index contributed by atoms with van der Waals surface area (Å²) >= 11 is 12.7. The number of aryl methyl sites for hydroxylation is 1. The Labute approximate surface area is 238 Å². The maximum absolute atomic E-state index is 13.3. The Morgan fingerprint density at radius 3 is 2.36 bits per heavy atom. The highest BCUT2D eigenvalue weighted by molar-refractivity contribution is 6.37. The molecular formula is C29H33Cl2N7O. The molecule has 1 fully saturated rings. The van der Waals surface area contributed by atoms with Gasteiger partial charge < -0.3 is 15.1 Å². The molecule has 0 unspecified atom stereocenters. The molecule has 4 aromatic rings. The number of para-hydroxylation sites is 1. The molecule has 0 radical (unpaired) electrons. The maximum Gasteiger partial charge on any atom is 0.266 e. The lowest BCUT2D eigenvalue weighted by molar-refractivity contribution is 0.242. The lowest BCUT2D eigenvalue weighted by Gasteiger charge is -2.36. The van der Waals surface area contributed by atoms with Gasteiger partial charge in [0.1, 0.15) is 0 Å². The molecule has 3 heterocycles. The fourth-order valence-electron chi connectivity index (χ4n) is 4.95. The Hall–Kier alpha value is -3.17. The monoisotopic (exact) mass is 565 g/mol. The number of anilines is 3. The number of fused-ring (bicyclic) bond motifs is 1. The lowest BCUT2D eigenvalue weighted by Crippen LogP contribution is -2.46. The molecule has 10 heteroatoms. The van der Waals surface area contributed by atoms with Crippen LogP contribution in [0.1, 0.15) is 12.0 Å². The van der Waals surface area contributed by atoms with Crippen molar-refractivity contribution >= 4 is 51.4 Å². The van der Waals surface area contributed by atoms with Crippen LogP contribution in [0.2, 0.25) is 10.0 Å². The van der Waals surface area contributed by atoms with E-state index in [4.69, 9.17) is 23.2 Å². The van der Waals surface area contributed by atoms with Crippen LogP contribution in [0.25, 0.3) is 16.6 Å². The van der Waals surface area contributed by atoms with E-state index >= 15 is 0 Å². The van der Waals surface area contributed by atoms with Gasteiger partial charge in [0.25, 0.3) is 5.56 Å². The van der Waals surface area contributed by atoms with Crippen LogP contribution in [0, 0.1) is 6.92 Å². The van der Waals surface area contributed by atoms with Crippen molar-refractivity contribution in [2.75, 3.05) is 63.6 Å². The Kier molecular flexibility index (Phi) is 8.37. The maximum atomic E-state index is 13.3. The van der Waals surface area contributed by atoms with Gasteiger partial charge >= 0.3 is 0 Å². The topological polar surface area (TPSA) is 69.5 Å². The molecule has 39 heavy (non-hydrogen) atoms. The number of benzene rings is 2. The van der Waals surface area contributed by atoms with Crippen LogP contribution in [0.3, 0.4) is 0 Å². The normalized spacial score (nSPS) is 14.4. The molecule has 0 atom stereocenters. The Morgan fingerprint density at radius 2 is 1.69 bits per heavy atom. The van der Waals surface area contributed by atoms with Gasteiger partial charge in [-0.2, -0.15) is 0 Å². The van der Waals surface area contributed by atoms with E-state index in [1.165, 1.54) is 16.7 Å². The first-order valence-electron chi connectivity index (χ1n) is 13.1. The summed E-state index contributed by atoms with van der Waals surface area (Å²) in [5.74, 6) is 0.428. The zero-order chi connectivity index (χ0) is 27.5. The highest BCUT2D eigenvalue weighted by atomic mass is 35.5. The number of rotatable bonds is 8. The zero-order valence-electron chi connectivity index (χ0n) is 22.5. The standard InChI is InChI=1S/C29H33Cl2N7O/c1-20-19-38(27-24(30)6-4-7-25(27)31)28(39)23-18-32-29(34-26(20)23)33-21-8-10-22(11-9-21)37-16-14-36(15-17-37)13-5-12-35(2)3/h4,6-11,18-19H,5,12-17H2,1-3H3,(H,32,33,34). The molecule has 1 N–H and O–H groups in total. The molecule has 8 nitrogen and oxygen atoms in total. The summed E-state index contributed by atoms with van der Waals surface area (Å²) in [6.07, 6.45) is 4.47. The number of aromatic nitrogens is 3. The SMILES string of the molecule is Cc1cn(-c2c(Cl)cccc2Cl)c(=O)c2cnc(Nc3ccc(N4CCN(CCCN(C)C)CC4)cc3)nc12. The van der Waals surface area contributed by atoms with Crippen LogP contribution in [0.4, 0.5) is 17.3 Å². The van der Waals surface area contributed by atoms with E-state index in [2.05, 4.69) is 56.2 Å². The summed E-state index contributed by atoms with van der Waals surface area (Å²) in [7, 11) is 4.25. The van der Waals surface area contributed by atoms with Gasteiger partial charge in [0.15, 0.2) is 0 Å². The molecule has 0 saturated carbocycles. The van der Waals surface area contributed by atoms with Crippen molar-refractivity contribution in [3.63, 3.8) is 0 Å². The minimum absolute atomic E-state index is 0.278. The van der Waals surface area contributed by atoms with E-state index in [0.29, 0.717) is 32.6 Å². The highest BCUT2D eigenvalue weighted by Gasteiger charge is 2.18. The molecule has 2 aromatic carbocycles. The number of halogens is 2. The quantitative estimate of drug-likeness (QED) is 0.314. The van der Waals surface area contributed by atoms with Crippen molar-refractivity contribution in [2.45, 2.75) is 13.3 Å². The average Bonchev–Trinajstić information content (AvgIpc) is 2.92. The number of nitrogens with one attached hydrogen (secondary N) is 1. The van der Waals surface area contributed by atoms with Crippen molar-refractivity contribution in [2.24, 2.45) is 0 Å². The van der Waals surface area contributed by atoms with Crippen LogP contribution in [0.15, 0.2) is 59.7 Å². The van der Waals surface area contributed by atoms with Crippen LogP contribution >= 0.6 is 23.2 Å². The van der Waals surface area contributed by atoms with Crippen LogP contribution in [-0.4, -0.2) is 77.7 Å².